The molecule has 0 aromatic heterocycles. The molecule has 0 radical (unpaired) electrons. The van der Waals surface area contributed by atoms with Gasteiger partial charge in [0.05, 0.1) is 16.8 Å². The number of rotatable bonds is 1. The molecule has 0 spiro atoms. The van der Waals surface area contributed by atoms with Crippen LogP contribution in [-0.2, 0) is 0 Å². The van der Waals surface area contributed by atoms with Crippen LogP contribution in [0.2, 0.25) is 0 Å². The van der Waals surface area contributed by atoms with Crippen LogP contribution in [0, 0.1) is 13.8 Å². The Balaban J connectivity index is 2.20. The van der Waals surface area contributed by atoms with Crippen LogP contribution in [-0.4, -0.2) is 11.8 Å². The molecule has 4 heteroatoms. The zero-order valence-corrected chi connectivity index (χ0v) is 12.7. The van der Waals surface area contributed by atoms with Crippen molar-refractivity contribution in [3.63, 3.8) is 0 Å². The molecule has 2 amide bonds. The van der Waals surface area contributed by atoms with Crippen molar-refractivity contribution in [3.8, 4) is 0 Å². The van der Waals surface area contributed by atoms with Gasteiger partial charge < -0.3 is 0 Å². The van der Waals surface area contributed by atoms with Crippen molar-refractivity contribution < 1.29 is 9.59 Å². The number of carbonyl (C=O) groups excluding carboxylic acids is 2. The maximum Gasteiger partial charge on any atom is 0.266 e. The summed E-state index contributed by atoms with van der Waals surface area (Å²) in [5, 5.41) is 0. The fourth-order valence-electron chi connectivity index (χ4n) is 2.53. The maximum absolute atomic E-state index is 12.6. The van der Waals surface area contributed by atoms with E-state index >= 15 is 0 Å². The van der Waals surface area contributed by atoms with Gasteiger partial charge in [-0.25, -0.2) is 4.90 Å². The Kier molecular flexibility index (Phi) is 2.98. The first-order valence-corrected chi connectivity index (χ1v) is 7.04. The van der Waals surface area contributed by atoms with Gasteiger partial charge in [-0.05, 0) is 43.2 Å². The number of nitrogens with zero attached hydrogens (tertiary/aromatic N) is 1. The highest BCUT2D eigenvalue weighted by Crippen LogP contribution is 2.33. The highest BCUT2D eigenvalue weighted by Gasteiger charge is 2.38. The summed E-state index contributed by atoms with van der Waals surface area (Å²) in [5.74, 6) is -0.492. The second-order valence-electron chi connectivity index (χ2n) is 4.87. The standard InChI is InChI=1S/C16H12BrNO2/c1-9-6-7-10(2)14-13(9)15(19)18(16(14)20)12-5-3-4-11(17)8-12/h3-8H,1-2H3. The summed E-state index contributed by atoms with van der Waals surface area (Å²) in [6.45, 7) is 3.71. The van der Waals surface area contributed by atoms with Gasteiger partial charge >= 0.3 is 0 Å². The minimum atomic E-state index is -0.246. The van der Waals surface area contributed by atoms with Crippen molar-refractivity contribution >= 4 is 33.4 Å². The lowest BCUT2D eigenvalue weighted by Crippen LogP contribution is -2.29. The minimum absolute atomic E-state index is 0.246. The van der Waals surface area contributed by atoms with Crippen molar-refractivity contribution in [3.05, 3.63) is 63.1 Å². The number of hydrogen-bond donors (Lipinski definition) is 0. The monoisotopic (exact) mass is 329 g/mol. The summed E-state index contributed by atoms with van der Waals surface area (Å²) < 4.78 is 0.833. The molecule has 1 heterocycles. The molecule has 2 aromatic carbocycles. The Labute approximate surface area is 125 Å². The average Bonchev–Trinajstić information content (AvgIpc) is 2.67. The third-order valence-electron chi connectivity index (χ3n) is 3.52. The molecule has 0 saturated heterocycles. The fraction of sp³-hybridized carbons (Fsp3) is 0.125. The second-order valence-corrected chi connectivity index (χ2v) is 5.79. The third kappa shape index (κ3) is 1.79. The van der Waals surface area contributed by atoms with Crippen molar-refractivity contribution in [2.75, 3.05) is 4.90 Å². The lowest BCUT2D eigenvalue weighted by atomic mass is 9.99. The number of carbonyl (C=O) groups is 2. The molecule has 2 aromatic rings. The van der Waals surface area contributed by atoms with Gasteiger partial charge in [-0.1, -0.05) is 34.1 Å². The van der Waals surface area contributed by atoms with Crippen LogP contribution in [0.3, 0.4) is 0 Å². The van der Waals surface area contributed by atoms with Crippen molar-refractivity contribution in [1.82, 2.24) is 0 Å². The van der Waals surface area contributed by atoms with Gasteiger partial charge in [-0.2, -0.15) is 0 Å². The van der Waals surface area contributed by atoms with Gasteiger partial charge in [0.25, 0.3) is 11.8 Å². The summed E-state index contributed by atoms with van der Waals surface area (Å²) in [4.78, 5) is 26.4. The van der Waals surface area contributed by atoms with Gasteiger partial charge in [-0.3, -0.25) is 9.59 Å². The van der Waals surface area contributed by atoms with Crippen LogP contribution < -0.4 is 4.90 Å². The molecule has 100 valence electrons. The average molecular weight is 330 g/mol. The van der Waals surface area contributed by atoms with E-state index in [9.17, 15) is 9.59 Å². The van der Waals surface area contributed by atoms with E-state index in [1.54, 1.807) is 12.1 Å². The molecular formula is C16H12BrNO2. The minimum Gasteiger partial charge on any atom is -0.268 e. The molecule has 3 rings (SSSR count). The Morgan fingerprint density at radius 1 is 0.900 bits per heavy atom. The SMILES string of the molecule is Cc1ccc(C)c2c1C(=O)N(c1cccc(Br)c1)C2=O. The predicted molar refractivity (Wildman–Crippen MR) is 81.2 cm³/mol. The zero-order valence-electron chi connectivity index (χ0n) is 11.1. The van der Waals surface area contributed by atoms with E-state index in [0.717, 1.165) is 15.6 Å². The Bertz CT molecular complexity index is 711. The van der Waals surface area contributed by atoms with E-state index in [4.69, 9.17) is 0 Å². The fourth-order valence-corrected chi connectivity index (χ4v) is 2.91. The van der Waals surface area contributed by atoms with Gasteiger partial charge in [0.15, 0.2) is 0 Å². The Morgan fingerprint density at radius 2 is 1.45 bits per heavy atom. The molecule has 1 aliphatic rings. The van der Waals surface area contributed by atoms with E-state index in [0.29, 0.717) is 16.8 Å². The molecular weight excluding hydrogens is 318 g/mol. The predicted octanol–water partition coefficient (Wildman–Crippen LogP) is 3.87. The van der Waals surface area contributed by atoms with E-state index in [1.165, 1.54) is 4.90 Å². The van der Waals surface area contributed by atoms with Crippen LogP contribution in [0.5, 0.6) is 0 Å². The largest absolute Gasteiger partial charge is 0.268 e. The van der Waals surface area contributed by atoms with Crippen molar-refractivity contribution in [2.24, 2.45) is 0 Å². The van der Waals surface area contributed by atoms with Crippen LogP contribution in [0.4, 0.5) is 5.69 Å². The number of halogens is 1. The highest BCUT2D eigenvalue weighted by molar-refractivity contribution is 9.10. The summed E-state index contributed by atoms with van der Waals surface area (Å²) in [7, 11) is 0. The summed E-state index contributed by atoms with van der Waals surface area (Å²) in [5.41, 5.74) is 3.30. The van der Waals surface area contributed by atoms with Gasteiger partial charge in [0, 0.05) is 4.47 Å². The molecule has 3 nitrogen and oxygen atoms in total. The third-order valence-corrected chi connectivity index (χ3v) is 4.02. The van der Waals surface area contributed by atoms with E-state index in [1.807, 2.05) is 38.1 Å². The van der Waals surface area contributed by atoms with Gasteiger partial charge in [0.1, 0.15) is 0 Å². The van der Waals surface area contributed by atoms with Gasteiger partial charge in [0.2, 0.25) is 0 Å². The molecule has 0 bridgehead atoms. The first-order valence-electron chi connectivity index (χ1n) is 6.25. The van der Waals surface area contributed by atoms with E-state index in [-0.39, 0.29) is 11.8 Å². The molecule has 0 saturated carbocycles. The quantitative estimate of drug-likeness (QED) is 0.745. The lowest BCUT2D eigenvalue weighted by Gasteiger charge is -2.14. The number of hydrogen-bond acceptors (Lipinski definition) is 2. The lowest BCUT2D eigenvalue weighted by molar-refractivity contribution is 0.0926. The number of imide groups is 1. The molecule has 0 unspecified atom stereocenters. The first kappa shape index (κ1) is 13.1. The number of anilines is 1. The number of benzene rings is 2. The van der Waals surface area contributed by atoms with E-state index in [2.05, 4.69) is 15.9 Å². The van der Waals surface area contributed by atoms with Crippen molar-refractivity contribution in [1.29, 1.82) is 0 Å². The van der Waals surface area contributed by atoms with Crippen LogP contribution >= 0.6 is 15.9 Å². The second kappa shape index (κ2) is 4.56. The molecule has 0 atom stereocenters. The maximum atomic E-state index is 12.6. The Morgan fingerprint density at radius 3 is 1.95 bits per heavy atom. The Hall–Kier alpha value is -1.94. The topological polar surface area (TPSA) is 37.4 Å². The van der Waals surface area contributed by atoms with Crippen LogP contribution in [0.25, 0.3) is 0 Å². The van der Waals surface area contributed by atoms with Crippen LogP contribution in [0.1, 0.15) is 31.8 Å². The summed E-state index contributed by atoms with van der Waals surface area (Å²) in [6, 6.07) is 11.0. The number of aryl methyl sites for hydroxylation is 2. The number of fused-ring (bicyclic) bond motifs is 1. The highest BCUT2D eigenvalue weighted by atomic mass is 79.9. The van der Waals surface area contributed by atoms with Crippen molar-refractivity contribution in [2.45, 2.75) is 13.8 Å². The molecule has 1 aliphatic heterocycles. The molecule has 0 fully saturated rings. The molecule has 20 heavy (non-hydrogen) atoms. The smallest absolute Gasteiger partial charge is 0.266 e. The first-order chi connectivity index (χ1) is 9.50. The normalized spacial score (nSPS) is 13.8. The van der Waals surface area contributed by atoms with Gasteiger partial charge in [-0.15, -0.1) is 0 Å². The number of amides is 2. The zero-order chi connectivity index (χ0) is 14.4. The van der Waals surface area contributed by atoms with E-state index < -0.39 is 0 Å². The summed E-state index contributed by atoms with van der Waals surface area (Å²) >= 11 is 3.36. The summed E-state index contributed by atoms with van der Waals surface area (Å²) in [6.07, 6.45) is 0. The molecule has 0 aliphatic carbocycles. The molecule has 0 N–H and O–H groups in total. The van der Waals surface area contributed by atoms with Crippen LogP contribution in [0.15, 0.2) is 40.9 Å².